The van der Waals surface area contributed by atoms with Crippen molar-refractivity contribution in [1.29, 1.82) is 0 Å². The van der Waals surface area contributed by atoms with E-state index >= 15 is 0 Å². The number of aromatic nitrogens is 2. The molecule has 1 aliphatic heterocycles. The first kappa shape index (κ1) is 20.3. The van der Waals surface area contributed by atoms with Crippen molar-refractivity contribution in [1.82, 2.24) is 9.97 Å². The Hall–Kier alpha value is -2.98. The third kappa shape index (κ3) is 4.01. The smallest absolute Gasteiger partial charge is 0.363 e. The number of quaternary nitrogens is 1. The third-order valence-electron chi connectivity index (χ3n) is 4.87. The highest BCUT2D eigenvalue weighted by atomic mass is 32.1. The predicted molar refractivity (Wildman–Crippen MR) is 109 cm³/mol. The van der Waals surface area contributed by atoms with Crippen LogP contribution in [0.4, 0.5) is 34.6 Å². The number of halogens is 3. The van der Waals surface area contributed by atoms with E-state index in [1.807, 2.05) is 18.9 Å². The SMILES string of the molecule is Cc1cnc(NC(=O)[NH+]2CCN(C)c3ccc(-c4cccc(C(F)(F)F)c4)nc32)s1. The normalized spacial score (nSPS) is 16.3. The Morgan fingerprint density at radius 2 is 2.07 bits per heavy atom. The molecule has 3 heterocycles. The van der Waals surface area contributed by atoms with Crippen LogP contribution in [0.15, 0.2) is 42.6 Å². The molecular formula is C20H19F3N5OS+. The summed E-state index contributed by atoms with van der Waals surface area (Å²) < 4.78 is 39.3. The van der Waals surface area contributed by atoms with E-state index in [0.29, 0.717) is 40.2 Å². The van der Waals surface area contributed by atoms with Crippen molar-refractivity contribution in [2.45, 2.75) is 13.1 Å². The predicted octanol–water partition coefficient (Wildman–Crippen LogP) is 3.73. The van der Waals surface area contributed by atoms with Crippen molar-refractivity contribution >= 4 is 34.0 Å². The minimum Gasteiger partial charge on any atom is -0.363 e. The maximum atomic E-state index is 13.1. The molecule has 3 aromatic rings. The third-order valence-corrected chi connectivity index (χ3v) is 5.70. The Labute approximate surface area is 175 Å². The first-order valence-electron chi connectivity index (χ1n) is 9.22. The summed E-state index contributed by atoms with van der Waals surface area (Å²) in [5.41, 5.74) is 0.747. The summed E-state index contributed by atoms with van der Waals surface area (Å²) in [6.45, 7) is 3.00. The van der Waals surface area contributed by atoms with Crippen LogP contribution in [0.3, 0.4) is 0 Å². The van der Waals surface area contributed by atoms with Gasteiger partial charge in [0, 0.05) is 23.7 Å². The van der Waals surface area contributed by atoms with Gasteiger partial charge in [-0.3, -0.25) is 0 Å². The van der Waals surface area contributed by atoms with Crippen LogP contribution in [0.5, 0.6) is 0 Å². The number of rotatable bonds is 2. The largest absolute Gasteiger partial charge is 0.427 e. The highest BCUT2D eigenvalue weighted by molar-refractivity contribution is 7.15. The first-order valence-corrected chi connectivity index (χ1v) is 10.0. The maximum absolute atomic E-state index is 13.1. The molecule has 2 amide bonds. The second-order valence-corrected chi connectivity index (χ2v) is 8.26. The van der Waals surface area contributed by atoms with Crippen LogP contribution in [-0.4, -0.2) is 36.1 Å². The van der Waals surface area contributed by atoms with Gasteiger partial charge in [0.25, 0.3) is 5.82 Å². The van der Waals surface area contributed by atoms with Gasteiger partial charge in [0.05, 0.1) is 17.8 Å². The number of likely N-dealkylation sites (N-methyl/N-ethyl adjacent to an activating group) is 1. The van der Waals surface area contributed by atoms with Gasteiger partial charge >= 0.3 is 12.2 Å². The number of urea groups is 1. The summed E-state index contributed by atoms with van der Waals surface area (Å²) in [6.07, 6.45) is -2.76. The summed E-state index contributed by atoms with van der Waals surface area (Å²) in [5.74, 6) is 0.476. The molecule has 1 unspecified atom stereocenters. The monoisotopic (exact) mass is 434 g/mol. The lowest BCUT2D eigenvalue weighted by Crippen LogP contribution is -3.12. The highest BCUT2D eigenvalue weighted by Gasteiger charge is 2.34. The standard InChI is InChI=1S/C20H18F3N5OS/c1-12-11-24-18(30-12)26-19(29)28-9-8-27(2)16-7-6-15(25-17(16)28)13-4-3-5-14(10-13)20(21,22)23/h3-7,10-11H,8-9H2,1-2H3,(H,24,26,29)/p+1. The number of thiazole rings is 1. The topological polar surface area (TPSA) is 62.6 Å². The Balaban J connectivity index is 1.69. The minimum atomic E-state index is -4.44. The number of benzene rings is 1. The molecule has 4 rings (SSSR count). The van der Waals surface area contributed by atoms with Gasteiger partial charge in [-0.15, -0.1) is 11.3 Å². The van der Waals surface area contributed by atoms with Gasteiger partial charge in [-0.05, 0) is 31.2 Å². The number of anilines is 2. The molecule has 6 nitrogen and oxygen atoms in total. The van der Waals surface area contributed by atoms with E-state index < -0.39 is 11.7 Å². The van der Waals surface area contributed by atoms with Gasteiger partial charge in [-0.25, -0.2) is 15.1 Å². The van der Waals surface area contributed by atoms with Crippen LogP contribution in [0.25, 0.3) is 11.3 Å². The second kappa shape index (κ2) is 7.69. The first-order chi connectivity index (χ1) is 14.2. The van der Waals surface area contributed by atoms with Gasteiger partial charge < -0.3 is 4.90 Å². The zero-order valence-electron chi connectivity index (χ0n) is 16.2. The molecule has 30 heavy (non-hydrogen) atoms. The molecule has 156 valence electrons. The van der Waals surface area contributed by atoms with Crippen molar-refractivity contribution in [2.24, 2.45) is 0 Å². The maximum Gasteiger partial charge on any atom is 0.427 e. The second-order valence-electron chi connectivity index (χ2n) is 7.02. The molecule has 10 heteroatoms. The van der Waals surface area contributed by atoms with Crippen LogP contribution < -0.4 is 15.1 Å². The number of carbonyl (C=O) groups excluding carboxylic acids is 1. The van der Waals surface area contributed by atoms with E-state index in [2.05, 4.69) is 15.3 Å². The number of amides is 2. The number of nitrogens with one attached hydrogen (secondary N) is 2. The van der Waals surface area contributed by atoms with E-state index in [4.69, 9.17) is 0 Å². The Morgan fingerprint density at radius 1 is 1.27 bits per heavy atom. The molecule has 1 aliphatic rings. The van der Waals surface area contributed by atoms with Crippen molar-refractivity contribution < 1.29 is 22.9 Å². The molecule has 0 aliphatic carbocycles. The number of alkyl halides is 3. The van der Waals surface area contributed by atoms with Gasteiger partial charge in [-0.2, -0.15) is 23.1 Å². The molecule has 2 aromatic heterocycles. The fourth-order valence-corrected chi connectivity index (χ4v) is 3.98. The van der Waals surface area contributed by atoms with E-state index in [1.165, 1.54) is 17.4 Å². The number of carbonyl (C=O) groups is 1. The van der Waals surface area contributed by atoms with Gasteiger partial charge in [0.2, 0.25) is 0 Å². The number of hydrogen-bond donors (Lipinski definition) is 2. The van der Waals surface area contributed by atoms with E-state index in [0.717, 1.165) is 22.7 Å². The van der Waals surface area contributed by atoms with Crippen molar-refractivity contribution in [3.8, 4) is 11.3 Å². The van der Waals surface area contributed by atoms with Gasteiger partial charge in [0.1, 0.15) is 12.2 Å². The summed E-state index contributed by atoms with van der Waals surface area (Å²) in [5, 5.41) is 3.30. The van der Waals surface area contributed by atoms with Crippen LogP contribution in [0, 0.1) is 6.92 Å². The summed E-state index contributed by atoms with van der Waals surface area (Å²) in [4.78, 5) is 25.1. The zero-order valence-corrected chi connectivity index (χ0v) is 17.1. The van der Waals surface area contributed by atoms with Crippen molar-refractivity contribution in [3.63, 3.8) is 0 Å². The lowest BCUT2D eigenvalue weighted by molar-refractivity contribution is -0.742. The number of hydrogen-bond acceptors (Lipinski definition) is 5. The molecule has 0 bridgehead atoms. The lowest BCUT2D eigenvalue weighted by atomic mass is 10.1. The molecular weight excluding hydrogens is 415 g/mol. The van der Waals surface area contributed by atoms with Gasteiger partial charge in [-0.1, -0.05) is 12.1 Å². The quantitative estimate of drug-likeness (QED) is 0.645. The fourth-order valence-electron chi connectivity index (χ4n) is 3.32. The fraction of sp³-hybridized carbons (Fsp3) is 0.250. The number of nitrogens with zero attached hydrogens (tertiary/aromatic N) is 3. The van der Waals surface area contributed by atoms with Crippen LogP contribution in [0.2, 0.25) is 0 Å². The van der Waals surface area contributed by atoms with E-state index in [1.54, 1.807) is 24.4 Å². The average Bonchev–Trinajstić information content (AvgIpc) is 3.12. The van der Waals surface area contributed by atoms with Crippen LogP contribution >= 0.6 is 11.3 Å². The molecule has 0 fully saturated rings. The lowest BCUT2D eigenvalue weighted by Gasteiger charge is -2.30. The summed E-state index contributed by atoms with van der Waals surface area (Å²) in [7, 11) is 1.89. The Kier molecular flexibility index (Phi) is 5.20. The highest BCUT2D eigenvalue weighted by Crippen LogP contribution is 2.33. The Bertz CT molecular complexity index is 1100. The van der Waals surface area contributed by atoms with Crippen molar-refractivity contribution in [2.75, 3.05) is 30.4 Å². The van der Waals surface area contributed by atoms with E-state index in [-0.39, 0.29) is 6.03 Å². The number of aryl methyl sites for hydroxylation is 1. The molecule has 0 spiro atoms. The minimum absolute atomic E-state index is 0.299. The summed E-state index contributed by atoms with van der Waals surface area (Å²) >= 11 is 1.37. The Morgan fingerprint density at radius 3 is 2.77 bits per heavy atom. The number of fused-ring (bicyclic) bond motifs is 1. The zero-order chi connectivity index (χ0) is 21.5. The van der Waals surface area contributed by atoms with Crippen LogP contribution in [-0.2, 0) is 6.18 Å². The molecule has 1 aromatic carbocycles. The average molecular weight is 434 g/mol. The van der Waals surface area contributed by atoms with Gasteiger partial charge in [0.15, 0.2) is 5.13 Å². The summed E-state index contributed by atoms with van der Waals surface area (Å²) in [6, 6.07) is 8.19. The number of pyridine rings is 1. The van der Waals surface area contributed by atoms with Crippen molar-refractivity contribution in [3.05, 3.63) is 53.0 Å². The van der Waals surface area contributed by atoms with E-state index in [9.17, 15) is 18.0 Å². The molecule has 0 saturated heterocycles. The van der Waals surface area contributed by atoms with Crippen LogP contribution in [0.1, 0.15) is 10.4 Å². The molecule has 2 N–H and O–H groups in total. The molecule has 0 saturated carbocycles. The molecule has 0 radical (unpaired) electrons. The molecule has 1 atom stereocenters.